The van der Waals surface area contributed by atoms with E-state index in [0.717, 1.165) is 24.6 Å². The van der Waals surface area contributed by atoms with Crippen molar-refractivity contribution < 1.29 is 14.1 Å². The summed E-state index contributed by atoms with van der Waals surface area (Å²) in [6.07, 6.45) is 1.54. The maximum absolute atomic E-state index is 12.7. The van der Waals surface area contributed by atoms with Gasteiger partial charge in [0, 0.05) is 25.3 Å². The van der Waals surface area contributed by atoms with Crippen molar-refractivity contribution in [1.29, 1.82) is 0 Å². The summed E-state index contributed by atoms with van der Waals surface area (Å²) in [4.78, 5) is 18.0. The highest BCUT2D eigenvalue weighted by Crippen LogP contribution is 2.22. The first-order chi connectivity index (χ1) is 15.0. The molecule has 1 aliphatic heterocycles. The molecule has 0 aliphatic carbocycles. The standard InChI is InChI=1S/C22H29N7O2/c1-16(2)29-21(23-24-25-29)20(17-7-9-18(10-8-17)26(3)4)27-11-13-28(14-12-27)22(30)19-6-5-15-31-19/h5-10,15-16,20H,11-14H2,1-4H3/p+1/t20-/m1/s1. The number of carbonyl (C=O) groups is 1. The minimum Gasteiger partial charge on any atom is -0.459 e. The molecule has 1 amide bonds. The fourth-order valence-electron chi connectivity index (χ4n) is 4.13. The van der Waals surface area contributed by atoms with Crippen molar-refractivity contribution in [2.24, 2.45) is 0 Å². The zero-order chi connectivity index (χ0) is 22.0. The molecule has 1 saturated heterocycles. The van der Waals surface area contributed by atoms with E-state index in [4.69, 9.17) is 4.42 Å². The molecule has 3 heterocycles. The minimum absolute atomic E-state index is 0.00511. The predicted octanol–water partition coefficient (Wildman–Crippen LogP) is 1.04. The molecule has 0 bridgehead atoms. The van der Waals surface area contributed by atoms with E-state index < -0.39 is 0 Å². The number of hydrogen-bond acceptors (Lipinski definition) is 6. The summed E-state index contributed by atoms with van der Waals surface area (Å²) in [6, 6.07) is 12.2. The van der Waals surface area contributed by atoms with Gasteiger partial charge in [0.15, 0.2) is 11.8 Å². The van der Waals surface area contributed by atoms with Crippen molar-refractivity contribution in [2.45, 2.75) is 25.9 Å². The lowest BCUT2D eigenvalue weighted by atomic mass is 10.0. The molecule has 1 aliphatic rings. The molecule has 1 aromatic carbocycles. The monoisotopic (exact) mass is 424 g/mol. The van der Waals surface area contributed by atoms with E-state index in [2.05, 4.69) is 58.5 Å². The van der Waals surface area contributed by atoms with Gasteiger partial charge in [-0.1, -0.05) is 12.1 Å². The van der Waals surface area contributed by atoms with Gasteiger partial charge in [0.1, 0.15) is 0 Å². The van der Waals surface area contributed by atoms with Crippen molar-refractivity contribution in [3.63, 3.8) is 0 Å². The largest absolute Gasteiger partial charge is 0.459 e. The maximum atomic E-state index is 12.7. The van der Waals surface area contributed by atoms with Crippen molar-refractivity contribution in [2.75, 3.05) is 45.2 Å². The van der Waals surface area contributed by atoms with Gasteiger partial charge in [0.2, 0.25) is 5.82 Å². The van der Waals surface area contributed by atoms with Crippen LogP contribution in [0.15, 0.2) is 47.1 Å². The summed E-state index contributed by atoms with van der Waals surface area (Å²) in [6.45, 7) is 7.09. The third-order valence-corrected chi connectivity index (χ3v) is 5.84. The number of carbonyl (C=O) groups excluding carboxylic acids is 1. The van der Waals surface area contributed by atoms with E-state index in [0.29, 0.717) is 18.8 Å². The lowest BCUT2D eigenvalue weighted by molar-refractivity contribution is -0.930. The highest BCUT2D eigenvalue weighted by atomic mass is 16.3. The van der Waals surface area contributed by atoms with E-state index in [-0.39, 0.29) is 18.0 Å². The second kappa shape index (κ2) is 8.89. The Kier molecular flexibility index (Phi) is 6.03. The number of benzene rings is 1. The SMILES string of the molecule is CC(C)n1nnnc1[C@@H](c1ccc(N(C)C)cc1)[NH+]1CCN(C(=O)c2ccco2)CC1. The van der Waals surface area contributed by atoms with Crippen molar-refractivity contribution in [3.05, 3.63) is 59.8 Å². The van der Waals surface area contributed by atoms with E-state index in [1.54, 1.807) is 12.1 Å². The number of nitrogens with one attached hydrogen (secondary N) is 1. The molecule has 164 valence electrons. The van der Waals surface area contributed by atoms with Crippen molar-refractivity contribution in [1.82, 2.24) is 25.1 Å². The van der Waals surface area contributed by atoms with Gasteiger partial charge in [-0.25, -0.2) is 4.68 Å². The first-order valence-electron chi connectivity index (χ1n) is 10.7. The van der Waals surface area contributed by atoms with Crippen molar-refractivity contribution >= 4 is 11.6 Å². The number of anilines is 1. The second-order valence-corrected chi connectivity index (χ2v) is 8.42. The topological polar surface area (TPSA) is 84.7 Å². The Morgan fingerprint density at radius 2 is 1.84 bits per heavy atom. The molecule has 1 fully saturated rings. The minimum atomic E-state index is -0.0528. The van der Waals surface area contributed by atoms with E-state index in [1.165, 1.54) is 16.7 Å². The van der Waals surface area contributed by atoms with Gasteiger partial charge in [-0.2, -0.15) is 0 Å². The number of tetrazole rings is 1. The summed E-state index contributed by atoms with van der Waals surface area (Å²) >= 11 is 0. The first-order valence-corrected chi connectivity index (χ1v) is 10.7. The fraction of sp³-hybridized carbons (Fsp3) is 0.455. The summed E-state index contributed by atoms with van der Waals surface area (Å²) in [5.41, 5.74) is 2.32. The van der Waals surface area contributed by atoms with E-state index >= 15 is 0 Å². The van der Waals surface area contributed by atoms with Crippen LogP contribution in [0.2, 0.25) is 0 Å². The lowest BCUT2D eigenvalue weighted by Crippen LogP contribution is -3.15. The van der Waals surface area contributed by atoms with Gasteiger partial charge >= 0.3 is 0 Å². The summed E-state index contributed by atoms with van der Waals surface area (Å²) in [7, 11) is 4.07. The Hall–Kier alpha value is -3.20. The molecule has 9 heteroatoms. The Labute approximate surface area is 182 Å². The quantitative estimate of drug-likeness (QED) is 0.637. The van der Waals surface area contributed by atoms with Gasteiger partial charge in [0.05, 0.1) is 38.5 Å². The molecule has 31 heavy (non-hydrogen) atoms. The number of nitrogens with zero attached hydrogens (tertiary/aromatic N) is 6. The Balaban J connectivity index is 1.59. The molecule has 0 saturated carbocycles. The lowest BCUT2D eigenvalue weighted by Gasteiger charge is -2.36. The number of hydrogen-bond donors (Lipinski definition) is 1. The van der Waals surface area contributed by atoms with Crippen LogP contribution in [-0.2, 0) is 0 Å². The zero-order valence-electron chi connectivity index (χ0n) is 18.5. The molecule has 0 unspecified atom stereocenters. The molecule has 1 N–H and O–H groups in total. The average molecular weight is 425 g/mol. The van der Waals surface area contributed by atoms with Crippen LogP contribution in [0.4, 0.5) is 5.69 Å². The molecular formula is C22H30N7O2+. The first kappa shape index (κ1) is 21.0. The molecule has 4 rings (SSSR count). The number of piperazine rings is 1. The summed E-state index contributed by atoms with van der Waals surface area (Å²) in [5, 5.41) is 12.6. The van der Waals surface area contributed by atoms with Crippen LogP contribution in [0, 0.1) is 0 Å². The molecule has 0 spiro atoms. The van der Waals surface area contributed by atoms with Gasteiger partial charge in [-0.3, -0.25) is 4.79 Å². The maximum Gasteiger partial charge on any atom is 0.289 e. The zero-order valence-corrected chi connectivity index (χ0v) is 18.5. The molecule has 2 aromatic heterocycles. The Bertz CT molecular complexity index is 987. The van der Waals surface area contributed by atoms with Crippen molar-refractivity contribution in [3.8, 4) is 0 Å². The fourth-order valence-corrected chi connectivity index (χ4v) is 4.13. The van der Waals surface area contributed by atoms with Gasteiger partial charge in [0.25, 0.3) is 5.91 Å². The number of quaternary nitrogens is 1. The molecular weight excluding hydrogens is 394 g/mol. The highest BCUT2D eigenvalue weighted by molar-refractivity contribution is 5.91. The van der Waals surface area contributed by atoms with Crippen LogP contribution in [0.25, 0.3) is 0 Å². The van der Waals surface area contributed by atoms with E-state index in [9.17, 15) is 4.79 Å². The Morgan fingerprint density at radius 1 is 1.13 bits per heavy atom. The number of furan rings is 1. The summed E-state index contributed by atoms with van der Waals surface area (Å²) < 4.78 is 7.19. The third kappa shape index (κ3) is 4.32. The van der Waals surface area contributed by atoms with Crippen LogP contribution >= 0.6 is 0 Å². The molecule has 0 radical (unpaired) electrons. The normalized spacial score (nSPS) is 16.0. The smallest absolute Gasteiger partial charge is 0.289 e. The van der Waals surface area contributed by atoms with Gasteiger partial charge < -0.3 is 19.1 Å². The Morgan fingerprint density at radius 3 is 2.42 bits per heavy atom. The average Bonchev–Trinajstić information content (AvgIpc) is 3.47. The van der Waals surface area contributed by atoms with Gasteiger partial charge in [-0.05, 0) is 48.5 Å². The van der Waals surface area contributed by atoms with Gasteiger partial charge in [-0.15, -0.1) is 5.10 Å². The van der Waals surface area contributed by atoms with Crippen LogP contribution in [-0.4, -0.2) is 71.3 Å². The van der Waals surface area contributed by atoms with Crippen LogP contribution < -0.4 is 9.80 Å². The second-order valence-electron chi connectivity index (χ2n) is 8.42. The highest BCUT2D eigenvalue weighted by Gasteiger charge is 2.36. The van der Waals surface area contributed by atoms with Crippen LogP contribution in [0.1, 0.15) is 47.9 Å². The van der Waals surface area contributed by atoms with E-state index in [1.807, 2.05) is 23.7 Å². The summed E-state index contributed by atoms with van der Waals surface area (Å²) in [5.74, 6) is 1.19. The third-order valence-electron chi connectivity index (χ3n) is 5.84. The van der Waals surface area contributed by atoms with Crippen LogP contribution in [0.3, 0.4) is 0 Å². The molecule has 9 nitrogen and oxygen atoms in total. The number of amides is 1. The number of aromatic nitrogens is 4. The molecule has 1 atom stereocenters. The molecule has 3 aromatic rings. The predicted molar refractivity (Wildman–Crippen MR) is 116 cm³/mol. The number of rotatable bonds is 6. The van der Waals surface area contributed by atoms with Crippen LogP contribution in [0.5, 0.6) is 0 Å².